The molecule has 6 nitrogen and oxygen atoms in total. The average molecular weight is 341 g/mol. The molecule has 1 aliphatic rings. The molecule has 24 heavy (non-hydrogen) atoms. The number of amides is 1. The number of piperazine rings is 1. The molecule has 1 saturated heterocycles. The summed E-state index contributed by atoms with van der Waals surface area (Å²) < 4.78 is 0. The molecule has 0 bridgehead atoms. The summed E-state index contributed by atoms with van der Waals surface area (Å²) in [4.78, 5) is 31.1. The van der Waals surface area contributed by atoms with Crippen molar-refractivity contribution in [3.8, 4) is 11.8 Å². The van der Waals surface area contributed by atoms with Crippen LogP contribution in [0.2, 0.25) is 0 Å². The molecule has 122 valence electrons. The van der Waals surface area contributed by atoms with Crippen LogP contribution in [0.1, 0.15) is 15.2 Å². The summed E-state index contributed by atoms with van der Waals surface area (Å²) in [6.07, 6.45) is 1.37. The Labute approximate surface area is 143 Å². The zero-order valence-corrected chi connectivity index (χ0v) is 13.6. The van der Waals surface area contributed by atoms with Crippen molar-refractivity contribution in [2.24, 2.45) is 0 Å². The Morgan fingerprint density at radius 2 is 1.83 bits per heavy atom. The van der Waals surface area contributed by atoms with E-state index in [1.165, 1.54) is 6.20 Å². The van der Waals surface area contributed by atoms with Gasteiger partial charge in [-0.15, -0.1) is 0 Å². The predicted molar refractivity (Wildman–Crippen MR) is 91.2 cm³/mol. The molecule has 1 amide bonds. The van der Waals surface area contributed by atoms with Crippen LogP contribution in [0.4, 0.5) is 5.13 Å². The van der Waals surface area contributed by atoms with E-state index in [2.05, 4.69) is 16.8 Å². The molecule has 7 heteroatoms. The Balaban J connectivity index is 1.57. The first-order valence-corrected chi connectivity index (χ1v) is 8.25. The Bertz CT molecular complexity index is 799. The smallest absolute Gasteiger partial charge is 0.347 e. The third-order valence-corrected chi connectivity index (χ3v) is 4.68. The molecule has 0 saturated carbocycles. The molecule has 0 spiro atoms. The first-order valence-electron chi connectivity index (χ1n) is 7.43. The molecule has 0 atom stereocenters. The maximum atomic E-state index is 12.2. The lowest BCUT2D eigenvalue weighted by atomic mass is 10.2. The van der Waals surface area contributed by atoms with Crippen LogP contribution in [-0.4, -0.2) is 53.0 Å². The Morgan fingerprint density at radius 3 is 2.46 bits per heavy atom. The van der Waals surface area contributed by atoms with Gasteiger partial charge in [-0.05, 0) is 12.1 Å². The third-order valence-electron chi connectivity index (χ3n) is 3.63. The Morgan fingerprint density at radius 1 is 1.12 bits per heavy atom. The second kappa shape index (κ2) is 7.15. The van der Waals surface area contributed by atoms with Gasteiger partial charge in [0.05, 0.1) is 6.20 Å². The fraction of sp³-hybridized carbons (Fsp3) is 0.235. The summed E-state index contributed by atoms with van der Waals surface area (Å²) in [7, 11) is 0. The zero-order valence-electron chi connectivity index (χ0n) is 12.8. The maximum Gasteiger partial charge on any atom is 0.347 e. The minimum Gasteiger partial charge on any atom is -0.477 e. The van der Waals surface area contributed by atoms with Crippen LogP contribution in [0.25, 0.3) is 0 Å². The largest absolute Gasteiger partial charge is 0.477 e. The van der Waals surface area contributed by atoms with Gasteiger partial charge in [0.15, 0.2) is 5.13 Å². The number of carbonyl (C=O) groups excluding carboxylic acids is 1. The monoisotopic (exact) mass is 341 g/mol. The fourth-order valence-electron chi connectivity index (χ4n) is 2.34. The number of anilines is 1. The molecule has 0 radical (unpaired) electrons. The van der Waals surface area contributed by atoms with Gasteiger partial charge in [-0.2, -0.15) is 0 Å². The SMILES string of the molecule is O=C(O)c1cnc(N2CCN(C(=O)C#Cc3ccccc3)CC2)s1. The molecular formula is C17H15N3O3S. The number of aromatic carboxylic acids is 1. The zero-order chi connectivity index (χ0) is 16.9. The minimum absolute atomic E-state index is 0.191. The summed E-state index contributed by atoms with van der Waals surface area (Å²) in [6, 6.07) is 9.39. The van der Waals surface area contributed by atoms with Crippen molar-refractivity contribution in [2.75, 3.05) is 31.1 Å². The van der Waals surface area contributed by atoms with Crippen LogP contribution in [0, 0.1) is 11.8 Å². The molecule has 1 fully saturated rings. The van der Waals surface area contributed by atoms with E-state index in [0.29, 0.717) is 31.3 Å². The van der Waals surface area contributed by atoms with Gasteiger partial charge < -0.3 is 14.9 Å². The molecule has 3 rings (SSSR count). The van der Waals surface area contributed by atoms with Crippen molar-refractivity contribution in [2.45, 2.75) is 0 Å². The van der Waals surface area contributed by atoms with E-state index >= 15 is 0 Å². The van der Waals surface area contributed by atoms with Gasteiger partial charge in [0.25, 0.3) is 5.91 Å². The number of aromatic nitrogens is 1. The molecule has 1 N–H and O–H groups in total. The van der Waals surface area contributed by atoms with Crippen molar-refractivity contribution >= 4 is 28.3 Å². The van der Waals surface area contributed by atoms with Gasteiger partial charge in [-0.25, -0.2) is 9.78 Å². The van der Waals surface area contributed by atoms with E-state index in [9.17, 15) is 9.59 Å². The number of hydrogen-bond acceptors (Lipinski definition) is 5. The third kappa shape index (κ3) is 3.73. The van der Waals surface area contributed by atoms with Gasteiger partial charge in [0.2, 0.25) is 0 Å². The number of hydrogen-bond donors (Lipinski definition) is 1. The van der Waals surface area contributed by atoms with Crippen LogP contribution in [0.15, 0.2) is 36.5 Å². The predicted octanol–water partition coefficient (Wildman–Crippen LogP) is 1.54. The number of nitrogens with zero attached hydrogens (tertiary/aromatic N) is 3. The van der Waals surface area contributed by atoms with Crippen LogP contribution in [-0.2, 0) is 4.79 Å². The number of benzene rings is 1. The van der Waals surface area contributed by atoms with E-state index in [0.717, 1.165) is 16.9 Å². The first kappa shape index (κ1) is 16.0. The number of carboxylic acid groups (broad SMARTS) is 1. The van der Waals surface area contributed by atoms with Crippen molar-refractivity contribution in [3.63, 3.8) is 0 Å². The lowest BCUT2D eigenvalue weighted by Crippen LogP contribution is -2.48. The van der Waals surface area contributed by atoms with Gasteiger partial charge in [-0.3, -0.25) is 4.79 Å². The average Bonchev–Trinajstić information content (AvgIpc) is 3.11. The van der Waals surface area contributed by atoms with E-state index < -0.39 is 5.97 Å². The van der Waals surface area contributed by atoms with Crippen LogP contribution >= 0.6 is 11.3 Å². The lowest BCUT2D eigenvalue weighted by Gasteiger charge is -2.33. The fourth-order valence-corrected chi connectivity index (χ4v) is 3.14. The molecule has 2 aromatic rings. The standard InChI is InChI=1S/C17H15N3O3S/c21-15(7-6-13-4-2-1-3-5-13)19-8-10-20(11-9-19)17-18-12-14(24-17)16(22)23/h1-5,12H,8-11H2,(H,22,23). The second-order valence-corrected chi connectivity index (χ2v) is 6.22. The molecule has 2 heterocycles. The highest BCUT2D eigenvalue weighted by Gasteiger charge is 2.22. The lowest BCUT2D eigenvalue weighted by molar-refractivity contribution is -0.125. The normalized spacial score (nSPS) is 14.0. The summed E-state index contributed by atoms with van der Waals surface area (Å²) in [5.74, 6) is 4.38. The van der Waals surface area contributed by atoms with Crippen molar-refractivity contribution in [3.05, 3.63) is 47.0 Å². The van der Waals surface area contributed by atoms with Crippen LogP contribution in [0.5, 0.6) is 0 Å². The summed E-state index contributed by atoms with van der Waals surface area (Å²) in [5, 5.41) is 9.62. The van der Waals surface area contributed by atoms with E-state index in [-0.39, 0.29) is 10.8 Å². The molecule has 1 aliphatic heterocycles. The topological polar surface area (TPSA) is 73.7 Å². The molecule has 0 unspecified atom stereocenters. The number of thiazole rings is 1. The highest BCUT2D eigenvalue weighted by Crippen LogP contribution is 2.23. The van der Waals surface area contributed by atoms with Crippen molar-refractivity contribution in [1.82, 2.24) is 9.88 Å². The van der Waals surface area contributed by atoms with Crippen molar-refractivity contribution in [1.29, 1.82) is 0 Å². The Kier molecular flexibility index (Phi) is 4.77. The summed E-state index contributed by atoms with van der Waals surface area (Å²) in [5.41, 5.74) is 0.813. The van der Waals surface area contributed by atoms with E-state index in [1.807, 2.05) is 35.2 Å². The summed E-state index contributed by atoms with van der Waals surface area (Å²) in [6.45, 7) is 2.32. The maximum absolute atomic E-state index is 12.2. The molecular weight excluding hydrogens is 326 g/mol. The van der Waals surface area contributed by atoms with Crippen LogP contribution < -0.4 is 4.90 Å². The van der Waals surface area contributed by atoms with E-state index in [1.54, 1.807) is 4.90 Å². The highest BCUT2D eigenvalue weighted by molar-refractivity contribution is 7.17. The Hall–Kier alpha value is -2.85. The molecule has 1 aromatic heterocycles. The van der Waals surface area contributed by atoms with Gasteiger partial charge in [-0.1, -0.05) is 35.5 Å². The second-order valence-electron chi connectivity index (χ2n) is 5.21. The van der Waals surface area contributed by atoms with Gasteiger partial charge in [0.1, 0.15) is 4.88 Å². The first-order chi connectivity index (χ1) is 11.6. The van der Waals surface area contributed by atoms with E-state index in [4.69, 9.17) is 5.11 Å². The van der Waals surface area contributed by atoms with Gasteiger partial charge >= 0.3 is 5.97 Å². The van der Waals surface area contributed by atoms with Crippen molar-refractivity contribution < 1.29 is 14.7 Å². The number of rotatable bonds is 2. The quantitative estimate of drug-likeness (QED) is 0.839. The minimum atomic E-state index is -0.969. The van der Waals surface area contributed by atoms with Crippen LogP contribution in [0.3, 0.4) is 0 Å². The van der Waals surface area contributed by atoms with Gasteiger partial charge in [0, 0.05) is 37.7 Å². The summed E-state index contributed by atoms with van der Waals surface area (Å²) >= 11 is 1.15. The number of carboxylic acids is 1. The molecule has 0 aliphatic carbocycles. The molecule has 1 aromatic carbocycles. The number of carbonyl (C=O) groups is 2. The highest BCUT2D eigenvalue weighted by atomic mass is 32.1.